The summed E-state index contributed by atoms with van der Waals surface area (Å²) in [6.45, 7) is 0. The number of benzene rings is 4. The number of ether oxygens (including phenoxy) is 3. The number of thioether (sulfide) groups is 1. The molecule has 4 aromatic carbocycles. The summed E-state index contributed by atoms with van der Waals surface area (Å²) in [7, 11) is 4.68. The van der Waals surface area contributed by atoms with E-state index in [4.69, 9.17) is 14.2 Å². The van der Waals surface area contributed by atoms with Crippen LogP contribution in [0.4, 0.5) is 10.8 Å². The minimum Gasteiger partial charge on any atom is -0.497 e. The molecule has 5 aromatic rings. The van der Waals surface area contributed by atoms with Gasteiger partial charge in [-0.2, -0.15) is 0 Å². The molecular formula is C31H27N3O5S2. The lowest BCUT2D eigenvalue weighted by Gasteiger charge is -2.16. The monoisotopic (exact) mass is 585 g/mol. The van der Waals surface area contributed by atoms with Crippen LogP contribution < -0.4 is 24.8 Å². The van der Waals surface area contributed by atoms with Crippen molar-refractivity contribution in [3.8, 4) is 17.2 Å². The molecule has 10 heteroatoms. The molecule has 1 atom stereocenters. The third-order valence-corrected chi connectivity index (χ3v) is 8.38. The number of hydrogen-bond donors (Lipinski definition) is 2. The Labute approximate surface area is 245 Å². The number of rotatable bonds is 10. The van der Waals surface area contributed by atoms with Crippen LogP contribution in [0, 0.1) is 0 Å². The van der Waals surface area contributed by atoms with Crippen molar-refractivity contribution in [3.05, 3.63) is 102 Å². The Morgan fingerprint density at radius 1 is 0.805 bits per heavy atom. The van der Waals surface area contributed by atoms with Crippen LogP contribution >= 0.6 is 23.1 Å². The molecule has 1 unspecified atom stereocenters. The number of nitrogens with one attached hydrogen (secondary N) is 2. The highest BCUT2D eigenvalue weighted by Gasteiger charge is 2.23. The Bertz CT molecular complexity index is 1670. The van der Waals surface area contributed by atoms with Gasteiger partial charge in [0.2, 0.25) is 5.91 Å². The molecule has 0 aliphatic rings. The number of carbonyl (C=O) groups excluding carboxylic acids is 2. The number of thiazole rings is 1. The summed E-state index contributed by atoms with van der Waals surface area (Å²) in [6.07, 6.45) is 0. The fraction of sp³-hybridized carbons (Fsp3) is 0.129. The van der Waals surface area contributed by atoms with Crippen molar-refractivity contribution in [1.29, 1.82) is 0 Å². The summed E-state index contributed by atoms with van der Waals surface area (Å²) < 4.78 is 16.8. The smallest absolute Gasteiger partial charge is 0.255 e. The number of aromatic nitrogens is 1. The molecule has 5 rings (SSSR count). The number of nitrogens with zero attached hydrogens (tertiary/aromatic N) is 1. The lowest BCUT2D eigenvalue weighted by Crippen LogP contribution is -2.18. The van der Waals surface area contributed by atoms with E-state index in [2.05, 4.69) is 15.6 Å². The summed E-state index contributed by atoms with van der Waals surface area (Å²) in [5.74, 6) is 1.30. The van der Waals surface area contributed by atoms with Gasteiger partial charge in [-0.05, 0) is 66.2 Å². The van der Waals surface area contributed by atoms with Gasteiger partial charge in [0.25, 0.3) is 5.91 Å². The molecule has 0 saturated heterocycles. The molecule has 2 amide bonds. The number of hydrogen-bond acceptors (Lipinski definition) is 8. The third-order valence-electron chi connectivity index (χ3n) is 6.18. The van der Waals surface area contributed by atoms with Crippen LogP contribution in [0.2, 0.25) is 0 Å². The number of anilines is 2. The molecule has 0 saturated carbocycles. The Morgan fingerprint density at radius 2 is 1.56 bits per heavy atom. The number of carbonyl (C=O) groups is 2. The predicted octanol–water partition coefficient (Wildman–Crippen LogP) is 7.05. The SMILES string of the molecule is COc1ccc2nc(NC(=O)C(Sc3ccc(NC(=O)c4ccc(OC)c(OC)c4)cc3)c3ccccc3)sc2c1. The maximum absolute atomic E-state index is 13.5. The highest BCUT2D eigenvalue weighted by Crippen LogP contribution is 2.38. The van der Waals surface area contributed by atoms with E-state index < -0.39 is 5.25 Å². The summed E-state index contributed by atoms with van der Waals surface area (Å²) in [6, 6.07) is 27.6. The van der Waals surface area contributed by atoms with E-state index >= 15 is 0 Å². The highest BCUT2D eigenvalue weighted by atomic mass is 32.2. The van der Waals surface area contributed by atoms with Gasteiger partial charge in [0.1, 0.15) is 11.0 Å². The van der Waals surface area contributed by atoms with Crippen LogP contribution in [-0.4, -0.2) is 38.1 Å². The second-order valence-electron chi connectivity index (χ2n) is 8.80. The molecule has 2 N–H and O–H groups in total. The fourth-order valence-electron chi connectivity index (χ4n) is 4.09. The number of fused-ring (bicyclic) bond motifs is 1. The molecule has 1 heterocycles. The maximum Gasteiger partial charge on any atom is 0.255 e. The highest BCUT2D eigenvalue weighted by molar-refractivity contribution is 8.00. The van der Waals surface area contributed by atoms with E-state index in [1.807, 2.05) is 72.8 Å². The molecule has 8 nitrogen and oxygen atoms in total. The first-order valence-electron chi connectivity index (χ1n) is 12.6. The Morgan fingerprint density at radius 3 is 2.27 bits per heavy atom. The molecule has 41 heavy (non-hydrogen) atoms. The lowest BCUT2D eigenvalue weighted by molar-refractivity contribution is -0.115. The molecule has 0 aliphatic heterocycles. The first-order valence-corrected chi connectivity index (χ1v) is 14.3. The number of amides is 2. The average Bonchev–Trinajstić information content (AvgIpc) is 3.41. The summed E-state index contributed by atoms with van der Waals surface area (Å²) in [5, 5.41) is 5.89. The molecule has 0 aliphatic carbocycles. The van der Waals surface area contributed by atoms with Crippen LogP contribution in [0.15, 0.2) is 95.9 Å². The minimum absolute atomic E-state index is 0.182. The first-order chi connectivity index (χ1) is 20.0. The van der Waals surface area contributed by atoms with Gasteiger partial charge in [0, 0.05) is 16.1 Å². The van der Waals surface area contributed by atoms with Gasteiger partial charge in [0.15, 0.2) is 16.6 Å². The largest absolute Gasteiger partial charge is 0.497 e. The van der Waals surface area contributed by atoms with E-state index in [1.54, 1.807) is 32.4 Å². The lowest BCUT2D eigenvalue weighted by atomic mass is 10.1. The van der Waals surface area contributed by atoms with Crippen molar-refractivity contribution in [1.82, 2.24) is 4.98 Å². The van der Waals surface area contributed by atoms with Crippen molar-refractivity contribution < 1.29 is 23.8 Å². The van der Waals surface area contributed by atoms with Crippen molar-refractivity contribution in [2.75, 3.05) is 32.0 Å². The van der Waals surface area contributed by atoms with Gasteiger partial charge in [-0.15, -0.1) is 11.8 Å². The van der Waals surface area contributed by atoms with Crippen molar-refractivity contribution in [3.63, 3.8) is 0 Å². The van der Waals surface area contributed by atoms with Gasteiger partial charge in [-0.3, -0.25) is 9.59 Å². The molecule has 208 valence electrons. The molecule has 0 bridgehead atoms. The van der Waals surface area contributed by atoms with Crippen LogP contribution in [0.3, 0.4) is 0 Å². The van der Waals surface area contributed by atoms with E-state index in [0.29, 0.717) is 27.9 Å². The summed E-state index contributed by atoms with van der Waals surface area (Å²) in [5.41, 5.74) is 2.72. The zero-order chi connectivity index (χ0) is 28.8. The zero-order valence-electron chi connectivity index (χ0n) is 22.5. The average molecular weight is 586 g/mol. The van der Waals surface area contributed by atoms with Gasteiger partial charge < -0.3 is 24.8 Å². The molecule has 1 aromatic heterocycles. The van der Waals surface area contributed by atoms with Crippen LogP contribution in [0.1, 0.15) is 21.2 Å². The normalized spacial score (nSPS) is 11.5. The van der Waals surface area contributed by atoms with Crippen molar-refractivity contribution in [2.45, 2.75) is 10.1 Å². The summed E-state index contributed by atoms with van der Waals surface area (Å²) in [4.78, 5) is 31.8. The maximum atomic E-state index is 13.5. The van der Waals surface area contributed by atoms with E-state index in [0.717, 1.165) is 26.4 Å². The standard InChI is InChI=1S/C31H27N3O5S2/c1-37-22-12-15-24-27(18-22)41-31(33-24)34-30(36)28(19-7-5-4-6-8-19)40-23-13-10-21(11-14-23)32-29(35)20-9-16-25(38-2)26(17-20)39-3/h4-18,28H,1-3H3,(H,32,35)(H,33,34,36). The quantitative estimate of drug-likeness (QED) is 0.170. The minimum atomic E-state index is -0.523. The predicted molar refractivity (Wildman–Crippen MR) is 164 cm³/mol. The second-order valence-corrected chi connectivity index (χ2v) is 11.0. The Balaban J connectivity index is 1.30. The van der Waals surface area contributed by atoms with Gasteiger partial charge in [0.05, 0.1) is 31.5 Å². The molecular weight excluding hydrogens is 558 g/mol. The van der Waals surface area contributed by atoms with E-state index in [-0.39, 0.29) is 11.8 Å². The Kier molecular flexibility index (Phi) is 8.71. The van der Waals surface area contributed by atoms with Crippen LogP contribution in [0.25, 0.3) is 10.2 Å². The topological polar surface area (TPSA) is 98.8 Å². The first kappa shape index (κ1) is 28.0. The van der Waals surface area contributed by atoms with E-state index in [1.165, 1.54) is 30.2 Å². The van der Waals surface area contributed by atoms with Crippen molar-refractivity contribution >= 4 is 55.9 Å². The van der Waals surface area contributed by atoms with Gasteiger partial charge in [-0.25, -0.2) is 4.98 Å². The second kappa shape index (κ2) is 12.8. The molecule has 0 radical (unpaired) electrons. The molecule has 0 fully saturated rings. The van der Waals surface area contributed by atoms with Crippen molar-refractivity contribution in [2.24, 2.45) is 0 Å². The zero-order valence-corrected chi connectivity index (χ0v) is 24.2. The number of methoxy groups -OCH3 is 3. The van der Waals surface area contributed by atoms with Gasteiger partial charge >= 0.3 is 0 Å². The van der Waals surface area contributed by atoms with Crippen LogP contribution in [-0.2, 0) is 4.79 Å². The van der Waals surface area contributed by atoms with E-state index in [9.17, 15) is 9.59 Å². The Hall–Kier alpha value is -4.54. The fourth-order valence-corrected chi connectivity index (χ4v) is 6.01. The molecule has 0 spiro atoms. The van der Waals surface area contributed by atoms with Crippen LogP contribution in [0.5, 0.6) is 17.2 Å². The third kappa shape index (κ3) is 6.62. The van der Waals surface area contributed by atoms with Gasteiger partial charge in [-0.1, -0.05) is 41.7 Å². The summed E-state index contributed by atoms with van der Waals surface area (Å²) >= 11 is 2.81.